The molecule has 0 saturated carbocycles. The topological polar surface area (TPSA) is 50.8 Å². The molecule has 1 aliphatic heterocycles. The van der Waals surface area contributed by atoms with Gasteiger partial charge in [-0.3, -0.25) is 0 Å². The molecule has 1 saturated heterocycles. The molecule has 5 nitrogen and oxygen atoms in total. The highest BCUT2D eigenvalue weighted by molar-refractivity contribution is 5.74. The van der Waals surface area contributed by atoms with Gasteiger partial charge in [-0.25, -0.2) is 4.79 Å². The number of methoxy groups -OCH3 is 1. The highest BCUT2D eigenvalue weighted by atomic mass is 16.5. The van der Waals surface area contributed by atoms with Crippen molar-refractivity contribution in [3.8, 4) is 11.5 Å². The third-order valence-electron chi connectivity index (χ3n) is 3.16. The van der Waals surface area contributed by atoms with E-state index in [0.29, 0.717) is 11.5 Å². The summed E-state index contributed by atoms with van der Waals surface area (Å²) in [4.78, 5) is 13.7. The summed E-state index contributed by atoms with van der Waals surface area (Å²) in [6.45, 7) is 1.82. The minimum atomic E-state index is -0.0606. The van der Waals surface area contributed by atoms with E-state index in [1.54, 1.807) is 7.11 Å². The Kier molecular flexibility index (Phi) is 4.89. The molecule has 1 aromatic rings. The second kappa shape index (κ2) is 6.87. The van der Waals surface area contributed by atoms with Crippen LogP contribution >= 0.6 is 0 Å². The van der Waals surface area contributed by atoms with Crippen molar-refractivity contribution in [1.82, 2.24) is 10.2 Å². The van der Waals surface area contributed by atoms with Gasteiger partial charge >= 0.3 is 6.03 Å². The number of nitrogens with one attached hydrogen (secondary N) is 1. The van der Waals surface area contributed by atoms with E-state index in [4.69, 9.17) is 9.47 Å². The van der Waals surface area contributed by atoms with Crippen molar-refractivity contribution in [1.29, 1.82) is 0 Å². The number of carbonyl (C=O) groups is 1. The standard InChI is InChI=1S/C14H20N2O3/c1-18-12-7-3-4-8-13(12)19-11-15-14(17)16-9-5-2-6-10-16/h3-4,7-8H,2,5-6,9-11H2,1H3,(H,15,17). The molecule has 1 N–H and O–H groups in total. The Morgan fingerprint density at radius 3 is 2.58 bits per heavy atom. The first-order valence-electron chi connectivity index (χ1n) is 6.60. The van der Waals surface area contributed by atoms with E-state index in [-0.39, 0.29) is 12.8 Å². The zero-order valence-electron chi connectivity index (χ0n) is 11.2. The molecule has 19 heavy (non-hydrogen) atoms. The van der Waals surface area contributed by atoms with Gasteiger partial charge in [0, 0.05) is 13.1 Å². The number of likely N-dealkylation sites (tertiary alicyclic amines) is 1. The van der Waals surface area contributed by atoms with Gasteiger partial charge in [0.05, 0.1) is 7.11 Å². The predicted octanol–water partition coefficient (Wildman–Crippen LogP) is 2.23. The Morgan fingerprint density at radius 1 is 1.21 bits per heavy atom. The van der Waals surface area contributed by atoms with E-state index in [1.165, 1.54) is 6.42 Å². The van der Waals surface area contributed by atoms with Crippen LogP contribution in [0.1, 0.15) is 19.3 Å². The third kappa shape index (κ3) is 3.77. The molecule has 1 aliphatic rings. The minimum absolute atomic E-state index is 0.0606. The largest absolute Gasteiger partial charge is 0.493 e. The molecule has 2 rings (SSSR count). The highest BCUT2D eigenvalue weighted by Gasteiger charge is 2.15. The molecule has 1 aromatic carbocycles. The van der Waals surface area contributed by atoms with Crippen LogP contribution in [0.4, 0.5) is 4.79 Å². The molecular formula is C14H20N2O3. The van der Waals surface area contributed by atoms with Gasteiger partial charge in [-0.2, -0.15) is 0 Å². The zero-order chi connectivity index (χ0) is 13.5. The molecule has 2 amide bonds. The third-order valence-corrected chi connectivity index (χ3v) is 3.16. The van der Waals surface area contributed by atoms with Crippen LogP contribution in [0.3, 0.4) is 0 Å². The highest BCUT2D eigenvalue weighted by Crippen LogP contribution is 2.25. The number of para-hydroxylation sites is 2. The quantitative estimate of drug-likeness (QED) is 0.848. The van der Waals surface area contributed by atoms with Crippen molar-refractivity contribution in [3.05, 3.63) is 24.3 Å². The van der Waals surface area contributed by atoms with Crippen molar-refractivity contribution in [2.75, 3.05) is 26.9 Å². The number of carbonyl (C=O) groups excluding carboxylic acids is 1. The summed E-state index contributed by atoms with van der Waals surface area (Å²) in [5, 5.41) is 2.76. The number of nitrogens with zero attached hydrogens (tertiary/aromatic N) is 1. The number of benzene rings is 1. The fourth-order valence-electron chi connectivity index (χ4n) is 2.12. The van der Waals surface area contributed by atoms with Gasteiger partial charge in [0.2, 0.25) is 0 Å². The first kappa shape index (κ1) is 13.5. The Hall–Kier alpha value is -1.91. The number of hydrogen-bond acceptors (Lipinski definition) is 3. The molecule has 0 aliphatic carbocycles. The Labute approximate surface area is 113 Å². The van der Waals surface area contributed by atoms with Gasteiger partial charge in [-0.15, -0.1) is 0 Å². The van der Waals surface area contributed by atoms with Crippen molar-refractivity contribution >= 4 is 6.03 Å². The van der Waals surface area contributed by atoms with Gasteiger partial charge in [0.15, 0.2) is 18.2 Å². The average Bonchev–Trinajstić information content (AvgIpc) is 2.48. The van der Waals surface area contributed by atoms with Crippen LogP contribution in [0.25, 0.3) is 0 Å². The molecular weight excluding hydrogens is 244 g/mol. The number of piperidine rings is 1. The van der Waals surface area contributed by atoms with Gasteiger partial charge in [0.25, 0.3) is 0 Å². The van der Waals surface area contributed by atoms with E-state index in [9.17, 15) is 4.79 Å². The molecule has 0 radical (unpaired) electrons. The summed E-state index contributed by atoms with van der Waals surface area (Å²) in [5.74, 6) is 1.29. The Bertz CT molecular complexity index is 417. The normalized spacial score (nSPS) is 14.9. The van der Waals surface area contributed by atoms with Gasteiger partial charge in [-0.05, 0) is 31.4 Å². The molecule has 1 fully saturated rings. The summed E-state index contributed by atoms with van der Waals surface area (Å²) in [6.07, 6.45) is 3.38. The number of ether oxygens (including phenoxy) is 2. The molecule has 1 heterocycles. The second-order valence-corrected chi connectivity index (χ2v) is 4.47. The van der Waals surface area contributed by atoms with Crippen LogP contribution < -0.4 is 14.8 Å². The van der Waals surface area contributed by atoms with E-state index < -0.39 is 0 Å². The van der Waals surface area contributed by atoms with Gasteiger partial charge < -0.3 is 19.7 Å². The molecule has 0 atom stereocenters. The zero-order valence-corrected chi connectivity index (χ0v) is 11.2. The number of rotatable bonds is 4. The summed E-state index contributed by atoms with van der Waals surface area (Å²) in [6, 6.07) is 7.31. The minimum Gasteiger partial charge on any atom is -0.493 e. The van der Waals surface area contributed by atoms with Crippen molar-refractivity contribution in [2.45, 2.75) is 19.3 Å². The van der Waals surface area contributed by atoms with E-state index in [2.05, 4.69) is 5.32 Å². The van der Waals surface area contributed by atoms with E-state index in [0.717, 1.165) is 25.9 Å². The lowest BCUT2D eigenvalue weighted by Gasteiger charge is -2.26. The lowest BCUT2D eigenvalue weighted by molar-refractivity contribution is 0.173. The predicted molar refractivity (Wildman–Crippen MR) is 72.4 cm³/mol. The van der Waals surface area contributed by atoms with E-state index in [1.807, 2.05) is 29.2 Å². The van der Waals surface area contributed by atoms with Gasteiger partial charge in [0.1, 0.15) is 0 Å². The maximum absolute atomic E-state index is 11.8. The van der Waals surface area contributed by atoms with Gasteiger partial charge in [-0.1, -0.05) is 12.1 Å². The molecule has 0 unspecified atom stereocenters. The number of hydrogen-bond donors (Lipinski definition) is 1. The first-order chi connectivity index (χ1) is 9.31. The van der Waals surface area contributed by atoms with Crippen LogP contribution in [0.5, 0.6) is 11.5 Å². The summed E-state index contributed by atoms with van der Waals surface area (Å²) >= 11 is 0. The van der Waals surface area contributed by atoms with Crippen LogP contribution in [0.15, 0.2) is 24.3 Å². The Morgan fingerprint density at radius 2 is 1.89 bits per heavy atom. The fraction of sp³-hybridized carbons (Fsp3) is 0.500. The van der Waals surface area contributed by atoms with Crippen molar-refractivity contribution in [3.63, 3.8) is 0 Å². The lowest BCUT2D eigenvalue weighted by Crippen LogP contribution is -2.43. The maximum Gasteiger partial charge on any atom is 0.320 e. The van der Waals surface area contributed by atoms with Crippen LogP contribution in [-0.4, -0.2) is 37.9 Å². The fourth-order valence-corrected chi connectivity index (χ4v) is 2.12. The van der Waals surface area contributed by atoms with E-state index >= 15 is 0 Å². The van der Waals surface area contributed by atoms with Crippen LogP contribution in [0.2, 0.25) is 0 Å². The molecule has 0 spiro atoms. The smallest absolute Gasteiger partial charge is 0.320 e. The number of urea groups is 1. The maximum atomic E-state index is 11.8. The van der Waals surface area contributed by atoms with Crippen molar-refractivity contribution < 1.29 is 14.3 Å². The van der Waals surface area contributed by atoms with Crippen LogP contribution in [0, 0.1) is 0 Å². The van der Waals surface area contributed by atoms with Crippen LogP contribution in [-0.2, 0) is 0 Å². The molecule has 0 aromatic heterocycles. The SMILES string of the molecule is COc1ccccc1OCNC(=O)N1CCCCC1. The van der Waals surface area contributed by atoms with Crippen molar-refractivity contribution in [2.24, 2.45) is 0 Å². The summed E-state index contributed by atoms with van der Waals surface area (Å²) < 4.78 is 10.7. The molecule has 104 valence electrons. The number of amides is 2. The lowest BCUT2D eigenvalue weighted by atomic mass is 10.1. The average molecular weight is 264 g/mol. The first-order valence-corrected chi connectivity index (χ1v) is 6.60. The second-order valence-electron chi connectivity index (χ2n) is 4.47. The monoisotopic (exact) mass is 264 g/mol. The Balaban J connectivity index is 1.78. The summed E-state index contributed by atoms with van der Waals surface area (Å²) in [5.41, 5.74) is 0. The summed E-state index contributed by atoms with van der Waals surface area (Å²) in [7, 11) is 1.59. The molecule has 0 bridgehead atoms. The molecule has 5 heteroatoms.